The molecule has 0 unspecified atom stereocenters. The van der Waals surface area contributed by atoms with Gasteiger partial charge in [0.1, 0.15) is 0 Å². The molecule has 3 atom stereocenters. The Hall–Kier alpha value is 0.0769. The number of methoxy groups -OCH3 is 1. The van der Waals surface area contributed by atoms with Gasteiger partial charge in [0.05, 0.1) is 25.2 Å². The number of hydrogen-bond donors (Lipinski definition) is 1. The predicted octanol–water partition coefficient (Wildman–Crippen LogP) is 3.89. The van der Waals surface area contributed by atoms with Crippen molar-refractivity contribution < 1.29 is 19.1 Å². The third-order valence-electron chi connectivity index (χ3n) is 4.16. The number of carbonyl (C=O) groups excluding carboxylic acids is 1. The average Bonchev–Trinajstić information content (AvgIpc) is 2.35. The summed E-state index contributed by atoms with van der Waals surface area (Å²) in [5.74, 6) is -0.949. The van der Waals surface area contributed by atoms with E-state index in [1.807, 2.05) is 10.2 Å². The van der Waals surface area contributed by atoms with Crippen LogP contribution in [0.2, 0.25) is 18.1 Å². The van der Waals surface area contributed by atoms with Gasteiger partial charge in [-0.15, -0.1) is 0 Å². The SMILES string of the molecule is COC(=O)[C@H](C)[C@H](O)C[C@@H](/C=C/I)O[Si](C)(C)C(C)(C)C. The van der Waals surface area contributed by atoms with Crippen LogP contribution < -0.4 is 0 Å². The first-order valence-corrected chi connectivity index (χ1v) is 11.3. The van der Waals surface area contributed by atoms with E-state index < -0.39 is 26.3 Å². The highest BCUT2D eigenvalue weighted by Crippen LogP contribution is 2.38. The minimum atomic E-state index is -1.92. The molecule has 0 saturated heterocycles. The van der Waals surface area contributed by atoms with Crippen molar-refractivity contribution in [3.63, 3.8) is 0 Å². The Bertz CT molecular complexity index is 363. The van der Waals surface area contributed by atoms with Gasteiger partial charge in [-0.3, -0.25) is 4.79 Å². The van der Waals surface area contributed by atoms with Crippen molar-refractivity contribution in [2.24, 2.45) is 5.92 Å². The number of aliphatic hydroxyl groups is 1. The molecule has 21 heavy (non-hydrogen) atoms. The molecular formula is C15H29IO4Si. The molecule has 0 aromatic heterocycles. The van der Waals surface area contributed by atoms with Gasteiger partial charge < -0.3 is 14.3 Å². The summed E-state index contributed by atoms with van der Waals surface area (Å²) < 4.78 is 12.9. The van der Waals surface area contributed by atoms with Crippen LogP contribution in [-0.4, -0.2) is 38.7 Å². The lowest BCUT2D eigenvalue weighted by Gasteiger charge is -2.39. The first-order chi connectivity index (χ1) is 9.46. The standard InChI is InChI=1S/C15H29IO4Si/c1-11(14(18)19-5)13(17)10-12(8-9-16)20-21(6,7)15(2,3)4/h8-9,11-13,17H,10H2,1-7H3/b9-8+/t11-,12-,13-/m1/s1. The Kier molecular flexibility index (Phi) is 8.67. The summed E-state index contributed by atoms with van der Waals surface area (Å²) in [4.78, 5) is 11.5. The highest BCUT2D eigenvalue weighted by Gasteiger charge is 2.39. The molecule has 0 radical (unpaired) electrons. The molecule has 0 aliphatic rings. The van der Waals surface area contributed by atoms with E-state index in [-0.39, 0.29) is 11.1 Å². The van der Waals surface area contributed by atoms with Gasteiger partial charge in [-0.25, -0.2) is 0 Å². The van der Waals surface area contributed by atoms with E-state index in [2.05, 4.69) is 61.2 Å². The van der Waals surface area contributed by atoms with E-state index in [0.29, 0.717) is 6.42 Å². The van der Waals surface area contributed by atoms with Gasteiger partial charge in [-0.05, 0) is 29.1 Å². The van der Waals surface area contributed by atoms with E-state index >= 15 is 0 Å². The molecule has 0 amide bonds. The monoisotopic (exact) mass is 428 g/mol. The quantitative estimate of drug-likeness (QED) is 0.380. The van der Waals surface area contributed by atoms with E-state index in [1.165, 1.54) is 7.11 Å². The molecule has 4 nitrogen and oxygen atoms in total. The molecule has 6 heteroatoms. The van der Waals surface area contributed by atoms with Gasteiger partial charge in [0, 0.05) is 6.42 Å². The Morgan fingerprint density at radius 2 is 1.90 bits per heavy atom. The van der Waals surface area contributed by atoms with Gasteiger partial charge in [0.25, 0.3) is 0 Å². The fourth-order valence-electron chi connectivity index (χ4n) is 1.59. The Morgan fingerprint density at radius 3 is 2.29 bits per heavy atom. The number of hydrogen-bond acceptors (Lipinski definition) is 4. The van der Waals surface area contributed by atoms with Crippen molar-refractivity contribution in [3.05, 3.63) is 10.2 Å². The van der Waals surface area contributed by atoms with Crippen LogP contribution in [0, 0.1) is 5.92 Å². The zero-order chi connectivity index (χ0) is 16.8. The van der Waals surface area contributed by atoms with Crippen LogP contribution in [-0.2, 0) is 14.0 Å². The third kappa shape index (κ3) is 6.79. The first kappa shape index (κ1) is 21.1. The number of ether oxygens (including phenoxy) is 1. The molecule has 0 spiro atoms. The number of carbonyl (C=O) groups is 1. The van der Waals surface area contributed by atoms with Crippen molar-refractivity contribution in [2.75, 3.05) is 7.11 Å². The summed E-state index contributed by atoms with van der Waals surface area (Å²) in [5.41, 5.74) is 0. The molecule has 0 bridgehead atoms. The van der Waals surface area contributed by atoms with Crippen LogP contribution in [0.4, 0.5) is 0 Å². The number of esters is 1. The molecular weight excluding hydrogens is 399 g/mol. The van der Waals surface area contributed by atoms with Crippen molar-refractivity contribution in [1.29, 1.82) is 0 Å². The van der Waals surface area contributed by atoms with E-state index in [0.717, 1.165) is 0 Å². The lowest BCUT2D eigenvalue weighted by Crippen LogP contribution is -2.44. The molecule has 0 rings (SSSR count). The second-order valence-corrected chi connectivity index (χ2v) is 12.3. The minimum absolute atomic E-state index is 0.100. The van der Waals surface area contributed by atoms with E-state index in [9.17, 15) is 9.90 Å². The molecule has 0 aliphatic carbocycles. The minimum Gasteiger partial charge on any atom is -0.469 e. The van der Waals surface area contributed by atoms with Gasteiger partial charge in [-0.2, -0.15) is 0 Å². The lowest BCUT2D eigenvalue weighted by molar-refractivity contribution is -0.149. The van der Waals surface area contributed by atoms with Gasteiger partial charge in [-0.1, -0.05) is 49.4 Å². The summed E-state index contributed by atoms with van der Waals surface area (Å²) in [7, 11) is -0.591. The van der Waals surface area contributed by atoms with Gasteiger partial charge in [0.2, 0.25) is 0 Å². The maximum absolute atomic E-state index is 11.5. The fraction of sp³-hybridized carbons (Fsp3) is 0.800. The van der Waals surface area contributed by atoms with Crippen LogP contribution in [0.1, 0.15) is 34.1 Å². The Labute approximate surface area is 143 Å². The molecule has 0 saturated carbocycles. The summed E-state index contributed by atoms with van der Waals surface area (Å²) in [6, 6.07) is 0. The summed E-state index contributed by atoms with van der Waals surface area (Å²) in [5, 5.41) is 10.3. The maximum Gasteiger partial charge on any atom is 0.311 e. The molecule has 1 N–H and O–H groups in total. The second-order valence-electron chi connectivity index (χ2n) is 6.85. The normalized spacial score (nSPS) is 17.6. The van der Waals surface area contributed by atoms with Crippen LogP contribution >= 0.6 is 22.6 Å². The van der Waals surface area contributed by atoms with Crippen molar-refractivity contribution >= 4 is 36.9 Å². The largest absolute Gasteiger partial charge is 0.469 e. The fourth-order valence-corrected chi connectivity index (χ4v) is 3.34. The highest BCUT2D eigenvalue weighted by atomic mass is 127. The van der Waals surface area contributed by atoms with Crippen LogP contribution in [0.5, 0.6) is 0 Å². The lowest BCUT2D eigenvalue weighted by atomic mass is 9.99. The summed E-state index contributed by atoms with van der Waals surface area (Å²) in [6.45, 7) is 12.6. The molecule has 124 valence electrons. The van der Waals surface area contributed by atoms with Crippen molar-refractivity contribution in [3.8, 4) is 0 Å². The number of rotatable bonds is 7. The molecule has 0 heterocycles. The third-order valence-corrected chi connectivity index (χ3v) is 9.08. The predicted molar refractivity (Wildman–Crippen MR) is 97.0 cm³/mol. The Balaban J connectivity index is 4.90. The molecule has 0 aliphatic heterocycles. The Morgan fingerprint density at radius 1 is 1.38 bits per heavy atom. The number of halogens is 1. The van der Waals surface area contributed by atoms with E-state index in [1.54, 1.807) is 6.92 Å². The zero-order valence-corrected chi connectivity index (χ0v) is 17.3. The van der Waals surface area contributed by atoms with Crippen LogP contribution in [0.25, 0.3) is 0 Å². The first-order valence-electron chi connectivity index (χ1n) is 7.17. The molecule has 0 aromatic rings. The number of aliphatic hydroxyl groups excluding tert-OH is 1. The van der Waals surface area contributed by atoms with Crippen molar-refractivity contribution in [1.82, 2.24) is 0 Å². The topological polar surface area (TPSA) is 55.8 Å². The summed E-state index contributed by atoms with van der Waals surface area (Å²) in [6.07, 6.45) is 1.36. The molecule has 0 aromatic carbocycles. The van der Waals surface area contributed by atoms with Crippen molar-refractivity contribution in [2.45, 2.75) is 64.5 Å². The average molecular weight is 428 g/mol. The smallest absolute Gasteiger partial charge is 0.311 e. The second kappa shape index (κ2) is 8.64. The zero-order valence-electron chi connectivity index (χ0n) is 14.1. The van der Waals surface area contributed by atoms with Crippen LogP contribution in [0.15, 0.2) is 10.2 Å². The maximum atomic E-state index is 11.5. The summed E-state index contributed by atoms with van der Waals surface area (Å²) >= 11 is 2.14. The van der Waals surface area contributed by atoms with E-state index in [4.69, 9.17) is 4.43 Å². The molecule has 0 fully saturated rings. The van der Waals surface area contributed by atoms with Gasteiger partial charge in [0.15, 0.2) is 8.32 Å². The van der Waals surface area contributed by atoms with Crippen LogP contribution in [0.3, 0.4) is 0 Å². The highest BCUT2D eigenvalue weighted by molar-refractivity contribution is 14.1. The van der Waals surface area contributed by atoms with Gasteiger partial charge >= 0.3 is 5.97 Å².